The molecule has 1 rings (SSSR count). The fourth-order valence-electron chi connectivity index (χ4n) is 1.05. The lowest BCUT2D eigenvalue weighted by Gasteiger charge is -2.06. The molecule has 1 aromatic rings. The summed E-state index contributed by atoms with van der Waals surface area (Å²) >= 11 is 11.5. The number of aromatic nitrogens is 1. The molecule has 0 spiro atoms. The Morgan fingerprint density at radius 1 is 1.44 bits per heavy atom. The van der Waals surface area contributed by atoms with Crippen LogP contribution in [0, 0.1) is 6.92 Å². The smallest absolute Gasteiger partial charge is 0.341 e. The average molecular weight is 264 g/mol. The number of hydrogen-bond donors (Lipinski definition) is 0. The minimum atomic E-state index is -0.473. The molecule has 0 unspecified atom stereocenters. The van der Waals surface area contributed by atoms with E-state index in [-0.39, 0.29) is 15.7 Å². The number of nitrogens with zero attached hydrogens (tertiary/aromatic N) is 1. The van der Waals surface area contributed by atoms with Crippen LogP contribution in [0.4, 0.5) is 0 Å². The van der Waals surface area contributed by atoms with Crippen molar-refractivity contribution in [3.05, 3.63) is 27.5 Å². The number of ether oxygens (including phenoxy) is 1. The van der Waals surface area contributed by atoms with Crippen molar-refractivity contribution in [2.45, 2.75) is 27.7 Å². The summed E-state index contributed by atoms with van der Waals surface area (Å²) in [5.41, 5.74) is 0.749. The Morgan fingerprint density at radius 2 is 2.00 bits per heavy atom. The Hall–Kier alpha value is -0.800. The molecule has 0 saturated carbocycles. The molecule has 5 heteroatoms. The second-order valence-corrected chi connectivity index (χ2v) is 3.40. The minimum absolute atomic E-state index is 0.264. The van der Waals surface area contributed by atoms with E-state index in [1.165, 1.54) is 6.07 Å². The molecule has 0 atom stereocenters. The van der Waals surface area contributed by atoms with Crippen molar-refractivity contribution < 1.29 is 9.53 Å². The number of hydrogen-bond acceptors (Lipinski definition) is 3. The molecule has 16 heavy (non-hydrogen) atoms. The summed E-state index contributed by atoms with van der Waals surface area (Å²) in [5.74, 6) is -0.473. The van der Waals surface area contributed by atoms with Crippen LogP contribution in [-0.4, -0.2) is 17.6 Å². The molecule has 0 bridgehead atoms. The lowest BCUT2D eigenvalue weighted by Crippen LogP contribution is -2.08. The van der Waals surface area contributed by atoms with Gasteiger partial charge in [0.1, 0.15) is 5.15 Å². The molecule has 0 aliphatic heterocycles. The summed E-state index contributed by atoms with van der Waals surface area (Å²) in [6.45, 7) is 7.69. The highest BCUT2D eigenvalue weighted by Crippen LogP contribution is 2.22. The van der Waals surface area contributed by atoms with Crippen LogP contribution >= 0.6 is 23.2 Å². The topological polar surface area (TPSA) is 39.2 Å². The van der Waals surface area contributed by atoms with Gasteiger partial charge >= 0.3 is 5.97 Å². The first-order valence-electron chi connectivity index (χ1n) is 5.06. The van der Waals surface area contributed by atoms with Gasteiger partial charge in [-0.15, -0.1) is 0 Å². The fourth-order valence-corrected chi connectivity index (χ4v) is 1.66. The van der Waals surface area contributed by atoms with E-state index in [4.69, 9.17) is 27.9 Å². The van der Waals surface area contributed by atoms with Crippen LogP contribution in [0.5, 0.6) is 0 Å². The molecule has 0 amide bonds. The van der Waals surface area contributed by atoms with Gasteiger partial charge < -0.3 is 4.74 Å². The van der Waals surface area contributed by atoms with Crippen LogP contribution in [0.25, 0.3) is 0 Å². The van der Waals surface area contributed by atoms with Crippen LogP contribution in [0.15, 0.2) is 6.07 Å². The number of pyridine rings is 1. The molecule has 3 nitrogen and oxygen atoms in total. The van der Waals surface area contributed by atoms with Crippen LogP contribution < -0.4 is 0 Å². The summed E-state index contributed by atoms with van der Waals surface area (Å²) in [5, 5.41) is 0.529. The first-order chi connectivity index (χ1) is 7.56. The predicted molar refractivity (Wildman–Crippen MR) is 66.3 cm³/mol. The maximum atomic E-state index is 11.4. The lowest BCUT2D eigenvalue weighted by atomic mass is 10.2. The molecular weight excluding hydrogens is 249 g/mol. The Morgan fingerprint density at radius 3 is 2.44 bits per heavy atom. The van der Waals surface area contributed by atoms with Gasteiger partial charge in [-0.2, -0.15) is 0 Å². The highest BCUT2D eigenvalue weighted by atomic mass is 35.5. The average Bonchev–Trinajstić information content (AvgIpc) is 2.19. The first kappa shape index (κ1) is 15.2. The molecule has 1 heterocycles. The fraction of sp³-hybridized carbons (Fsp3) is 0.455. The van der Waals surface area contributed by atoms with Crippen LogP contribution in [0.3, 0.4) is 0 Å². The molecule has 0 aliphatic carbocycles. The van der Waals surface area contributed by atoms with Gasteiger partial charge in [-0.05, 0) is 19.9 Å². The van der Waals surface area contributed by atoms with E-state index >= 15 is 0 Å². The normalized spacial score (nSPS) is 9.12. The number of halogens is 2. The molecular formula is C11H15Cl2NO2. The van der Waals surface area contributed by atoms with Gasteiger partial charge in [-0.25, -0.2) is 9.78 Å². The zero-order valence-electron chi connectivity index (χ0n) is 9.80. The molecule has 0 radical (unpaired) electrons. The quantitative estimate of drug-likeness (QED) is 0.600. The number of esters is 1. The van der Waals surface area contributed by atoms with Gasteiger partial charge in [0.15, 0.2) is 0 Å². The van der Waals surface area contributed by atoms with Gasteiger partial charge in [0.2, 0.25) is 0 Å². The Bertz CT molecular complexity index is 344. The van der Waals surface area contributed by atoms with Crippen LogP contribution in [0.2, 0.25) is 10.2 Å². The van der Waals surface area contributed by atoms with E-state index in [1.54, 1.807) is 13.8 Å². The van der Waals surface area contributed by atoms with E-state index in [0.717, 1.165) is 0 Å². The highest BCUT2D eigenvalue weighted by Gasteiger charge is 2.16. The SMILES string of the molecule is CC.CCOC(=O)c1c(Cl)cc(Cl)nc1C. The van der Waals surface area contributed by atoms with Gasteiger partial charge in [-0.3, -0.25) is 0 Å². The second-order valence-electron chi connectivity index (χ2n) is 2.61. The van der Waals surface area contributed by atoms with E-state index in [9.17, 15) is 4.79 Å². The highest BCUT2D eigenvalue weighted by molar-refractivity contribution is 6.36. The maximum Gasteiger partial charge on any atom is 0.341 e. The zero-order valence-corrected chi connectivity index (χ0v) is 11.3. The number of carbonyl (C=O) groups is 1. The maximum absolute atomic E-state index is 11.4. The third kappa shape index (κ3) is 3.99. The van der Waals surface area contributed by atoms with E-state index in [2.05, 4.69) is 4.98 Å². The molecule has 0 saturated heterocycles. The third-order valence-electron chi connectivity index (χ3n) is 1.60. The Labute approximate surface area is 106 Å². The second kappa shape index (κ2) is 7.47. The summed E-state index contributed by atoms with van der Waals surface area (Å²) in [7, 11) is 0. The Kier molecular flexibility index (Phi) is 7.10. The summed E-state index contributed by atoms with van der Waals surface area (Å²) in [6.07, 6.45) is 0. The van der Waals surface area contributed by atoms with Crippen LogP contribution in [-0.2, 0) is 4.74 Å². The lowest BCUT2D eigenvalue weighted by molar-refractivity contribution is 0.0525. The van der Waals surface area contributed by atoms with Gasteiger partial charge in [0.25, 0.3) is 0 Å². The third-order valence-corrected chi connectivity index (χ3v) is 2.09. The molecule has 0 aliphatic rings. The van der Waals surface area contributed by atoms with Gasteiger partial charge in [0, 0.05) is 0 Å². The van der Waals surface area contributed by atoms with E-state index in [1.807, 2.05) is 13.8 Å². The molecule has 0 fully saturated rings. The van der Waals surface area contributed by atoms with Crippen molar-refractivity contribution in [1.29, 1.82) is 0 Å². The van der Waals surface area contributed by atoms with Crippen LogP contribution in [0.1, 0.15) is 36.8 Å². The molecule has 1 aromatic heterocycles. The zero-order chi connectivity index (χ0) is 12.7. The van der Waals surface area contributed by atoms with Gasteiger partial charge in [-0.1, -0.05) is 37.0 Å². The number of rotatable bonds is 2. The van der Waals surface area contributed by atoms with Crippen molar-refractivity contribution in [2.24, 2.45) is 0 Å². The first-order valence-corrected chi connectivity index (χ1v) is 5.81. The monoisotopic (exact) mass is 263 g/mol. The Balaban J connectivity index is 0.00000106. The summed E-state index contributed by atoms with van der Waals surface area (Å²) < 4.78 is 4.82. The largest absolute Gasteiger partial charge is 0.462 e. The van der Waals surface area contributed by atoms with Crippen molar-refractivity contribution in [1.82, 2.24) is 4.98 Å². The number of aryl methyl sites for hydroxylation is 1. The molecule has 0 N–H and O–H groups in total. The van der Waals surface area contributed by atoms with Crippen molar-refractivity contribution >= 4 is 29.2 Å². The van der Waals surface area contributed by atoms with Crippen molar-refractivity contribution in [3.63, 3.8) is 0 Å². The van der Waals surface area contributed by atoms with E-state index < -0.39 is 5.97 Å². The molecule has 90 valence electrons. The summed E-state index contributed by atoms with van der Waals surface area (Å²) in [6, 6.07) is 1.42. The van der Waals surface area contributed by atoms with Crippen molar-refractivity contribution in [2.75, 3.05) is 6.61 Å². The van der Waals surface area contributed by atoms with E-state index in [0.29, 0.717) is 12.3 Å². The predicted octanol–water partition coefficient (Wildman–Crippen LogP) is 3.90. The number of carbonyl (C=O) groups excluding carboxylic acids is 1. The van der Waals surface area contributed by atoms with Crippen molar-refractivity contribution in [3.8, 4) is 0 Å². The summed E-state index contributed by atoms with van der Waals surface area (Å²) in [4.78, 5) is 15.3. The minimum Gasteiger partial charge on any atom is -0.462 e. The standard InChI is InChI=1S/C9H9Cl2NO2.C2H6/c1-3-14-9(13)8-5(2)12-7(11)4-6(8)10;1-2/h4H,3H2,1-2H3;1-2H3. The molecule has 0 aromatic carbocycles. The van der Waals surface area contributed by atoms with Gasteiger partial charge in [0.05, 0.1) is 22.9 Å².